The second-order valence-electron chi connectivity index (χ2n) is 5.50. The number of carbonyl (C=O) groups is 1. The number of furan rings is 1. The maximum Gasteiger partial charge on any atom is 0.277 e. The Bertz CT molecular complexity index is 920. The smallest absolute Gasteiger partial charge is 0.277 e. The van der Waals surface area contributed by atoms with E-state index in [1.54, 1.807) is 19.1 Å². The highest BCUT2D eigenvalue weighted by Crippen LogP contribution is 2.28. The van der Waals surface area contributed by atoms with E-state index in [4.69, 9.17) is 8.83 Å². The normalized spacial score (nSPS) is 10.9. The molecule has 0 bridgehead atoms. The summed E-state index contributed by atoms with van der Waals surface area (Å²) < 4.78 is 24.5. The number of amides is 1. The van der Waals surface area contributed by atoms with Crippen LogP contribution < -0.4 is 5.32 Å². The lowest BCUT2D eigenvalue weighted by atomic mass is 10.2. The number of aryl methyl sites for hydroxylation is 3. The van der Waals surface area contributed by atoms with Crippen molar-refractivity contribution in [2.24, 2.45) is 0 Å². The molecule has 0 atom stereocenters. The van der Waals surface area contributed by atoms with Gasteiger partial charge in [0.1, 0.15) is 17.3 Å². The van der Waals surface area contributed by atoms with Crippen molar-refractivity contribution in [3.63, 3.8) is 0 Å². The molecule has 1 amide bonds. The summed E-state index contributed by atoms with van der Waals surface area (Å²) in [5, 5.41) is 10.8. The number of halogens is 1. The van der Waals surface area contributed by atoms with Crippen molar-refractivity contribution in [2.75, 3.05) is 11.1 Å². The molecular formula is C17H16FN3O3S. The Hall–Kier alpha value is -2.61. The molecule has 0 aliphatic heterocycles. The summed E-state index contributed by atoms with van der Waals surface area (Å²) >= 11 is 1.11. The van der Waals surface area contributed by atoms with Crippen LogP contribution in [0.4, 0.5) is 10.1 Å². The number of hydrogen-bond donors (Lipinski definition) is 1. The molecule has 0 fully saturated rings. The Kier molecular flexibility index (Phi) is 4.89. The lowest BCUT2D eigenvalue weighted by Crippen LogP contribution is -2.14. The predicted octanol–water partition coefficient (Wildman–Crippen LogP) is 4.12. The summed E-state index contributed by atoms with van der Waals surface area (Å²) in [6, 6.07) is 6.36. The van der Waals surface area contributed by atoms with Crippen molar-refractivity contribution in [1.29, 1.82) is 0 Å². The van der Waals surface area contributed by atoms with E-state index in [0.717, 1.165) is 23.1 Å². The molecule has 25 heavy (non-hydrogen) atoms. The Morgan fingerprint density at radius 3 is 2.68 bits per heavy atom. The van der Waals surface area contributed by atoms with Gasteiger partial charge < -0.3 is 14.2 Å². The summed E-state index contributed by atoms with van der Waals surface area (Å²) in [5.74, 6) is 1.21. The van der Waals surface area contributed by atoms with Gasteiger partial charge in [-0.1, -0.05) is 17.8 Å². The molecule has 1 N–H and O–H groups in total. The summed E-state index contributed by atoms with van der Waals surface area (Å²) in [5.41, 5.74) is 1.66. The minimum absolute atomic E-state index is 0.0700. The van der Waals surface area contributed by atoms with E-state index < -0.39 is 0 Å². The number of thioether (sulfide) groups is 1. The van der Waals surface area contributed by atoms with Crippen LogP contribution in [0.2, 0.25) is 0 Å². The number of anilines is 1. The predicted molar refractivity (Wildman–Crippen MR) is 92.0 cm³/mol. The highest BCUT2D eigenvalue weighted by molar-refractivity contribution is 7.99. The molecule has 0 aliphatic carbocycles. The third-order valence-electron chi connectivity index (χ3n) is 3.46. The number of rotatable bonds is 5. The molecule has 0 unspecified atom stereocenters. The SMILES string of the molecule is Cc1cc(-c2nnc(SCC(=O)Nc3ccc(C)c(F)c3)o2)c(C)o1. The van der Waals surface area contributed by atoms with E-state index in [2.05, 4.69) is 15.5 Å². The van der Waals surface area contributed by atoms with Gasteiger partial charge in [0.25, 0.3) is 11.1 Å². The zero-order valence-corrected chi connectivity index (χ0v) is 14.7. The molecule has 0 saturated heterocycles. The molecular weight excluding hydrogens is 345 g/mol. The van der Waals surface area contributed by atoms with Gasteiger partial charge in [-0.2, -0.15) is 0 Å². The zero-order chi connectivity index (χ0) is 18.0. The van der Waals surface area contributed by atoms with Gasteiger partial charge in [-0.25, -0.2) is 4.39 Å². The van der Waals surface area contributed by atoms with Gasteiger partial charge in [-0.15, -0.1) is 10.2 Å². The minimum Gasteiger partial charge on any atom is -0.466 e. The summed E-state index contributed by atoms with van der Waals surface area (Å²) in [7, 11) is 0. The van der Waals surface area contributed by atoms with Crippen LogP contribution in [0.1, 0.15) is 17.1 Å². The van der Waals surface area contributed by atoms with Crippen LogP contribution in [0, 0.1) is 26.6 Å². The van der Waals surface area contributed by atoms with E-state index in [9.17, 15) is 9.18 Å². The van der Waals surface area contributed by atoms with Gasteiger partial charge in [0.2, 0.25) is 5.91 Å². The fraction of sp³-hybridized carbons (Fsp3) is 0.235. The second-order valence-corrected chi connectivity index (χ2v) is 6.43. The van der Waals surface area contributed by atoms with E-state index in [-0.39, 0.29) is 22.7 Å². The number of carbonyl (C=O) groups excluding carboxylic acids is 1. The molecule has 8 heteroatoms. The summed E-state index contributed by atoms with van der Waals surface area (Å²) in [6.45, 7) is 5.31. The van der Waals surface area contributed by atoms with Crippen molar-refractivity contribution in [1.82, 2.24) is 10.2 Å². The van der Waals surface area contributed by atoms with Gasteiger partial charge in [0.05, 0.1) is 11.3 Å². The monoisotopic (exact) mass is 361 g/mol. The van der Waals surface area contributed by atoms with E-state index in [1.807, 2.05) is 19.9 Å². The molecule has 1 aromatic carbocycles. The van der Waals surface area contributed by atoms with Gasteiger partial charge in [0, 0.05) is 5.69 Å². The lowest BCUT2D eigenvalue weighted by molar-refractivity contribution is -0.113. The molecule has 3 rings (SSSR count). The van der Waals surface area contributed by atoms with Gasteiger partial charge in [-0.05, 0) is 44.5 Å². The molecule has 3 aromatic rings. The molecule has 6 nitrogen and oxygen atoms in total. The van der Waals surface area contributed by atoms with Crippen LogP contribution >= 0.6 is 11.8 Å². The van der Waals surface area contributed by atoms with Crippen molar-refractivity contribution in [3.05, 3.63) is 47.2 Å². The Morgan fingerprint density at radius 1 is 1.20 bits per heavy atom. The third kappa shape index (κ3) is 4.08. The first kappa shape index (κ1) is 17.2. The van der Waals surface area contributed by atoms with E-state index in [0.29, 0.717) is 22.9 Å². The number of benzene rings is 1. The molecule has 0 aliphatic rings. The standard InChI is InChI=1S/C17H16FN3O3S/c1-9-4-5-12(7-14(9)18)19-15(22)8-25-17-21-20-16(24-17)13-6-10(2)23-11(13)3/h4-7H,8H2,1-3H3,(H,19,22). The average molecular weight is 361 g/mol. The minimum atomic E-state index is -0.363. The highest BCUT2D eigenvalue weighted by atomic mass is 32.2. The average Bonchev–Trinajstić information content (AvgIpc) is 3.15. The molecule has 130 valence electrons. The number of nitrogens with zero attached hydrogens (tertiary/aromatic N) is 2. The van der Waals surface area contributed by atoms with E-state index >= 15 is 0 Å². The van der Waals surface area contributed by atoms with Crippen molar-refractivity contribution >= 4 is 23.4 Å². The van der Waals surface area contributed by atoms with Gasteiger partial charge in [-0.3, -0.25) is 4.79 Å². The molecule has 0 spiro atoms. The van der Waals surface area contributed by atoms with Gasteiger partial charge in [0.15, 0.2) is 0 Å². The van der Waals surface area contributed by atoms with Crippen LogP contribution in [0.3, 0.4) is 0 Å². The summed E-state index contributed by atoms with van der Waals surface area (Å²) in [4.78, 5) is 12.0. The maximum absolute atomic E-state index is 13.5. The highest BCUT2D eigenvalue weighted by Gasteiger charge is 2.16. The largest absolute Gasteiger partial charge is 0.466 e. The first-order chi connectivity index (χ1) is 11.9. The topological polar surface area (TPSA) is 81.2 Å². The molecule has 2 heterocycles. The van der Waals surface area contributed by atoms with Crippen LogP contribution in [-0.4, -0.2) is 21.9 Å². The molecule has 0 radical (unpaired) electrons. The fourth-order valence-electron chi connectivity index (χ4n) is 2.22. The Labute approximate surface area is 147 Å². The zero-order valence-electron chi connectivity index (χ0n) is 13.9. The van der Waals surface area contributed by atoms with Crippen LogP contribution in [0.25, 0.3) is 11.5 Å². The maximum atomic E-state index is 13.5. The first-order valence-electron chi connectivity index (χ1n) is 7.52. The van der Waals surface area contributed by atoms with E-state index in [1.165, 1.54) is 6.07 Å². The quantitative estimate of drug-likeness (QED) is 0.688. The lowest BCUT2D eigenvalue weighted by Gasteiger charge is -2.05. The number of aromatic nitrogens is 2. The molecule has 0 saturated carbocycles. The Morgan fingerprint density at radius 2 is 2.00 bits per heavy atom. The van der Waals surface area contributed by atoms with Crippen LogP contribution in [-0.2, 0) is 4.79 Å². The Balaban J connectivity index is 1.59. The van der Waals surface area contributed by atoms with Crippen molar-refractivity contribution < 1.29 is 18.0 Å². The number of hydrogen-bond acceptors (Lipinski definition) is 6. The second kappa shape index (κ2) is 7.10. The summed E-state index contributed by atoms with van der Waals surface area (Å²) in [6.07, 6.45) is 0. The van der Waals surface area contributed by atoms with Crippen LogP contribution in [0.5, 0.6) is 0 Å². The molecule has 2 aromatic heterocycles. The van der Waals surface area contributed by atoms with Crippen molar-refractivity contribution in [2.45, 2.75) is 26.0 Å². The fourth-order valence-corrected chi connectivity index (χ4v) is 2.78. The van der Waals surface area contributed by atoms with Crippen LogP contribution in [0.15, 0.2) is 38.3 Å². The first-order valence-corrected chi connectivity index (χ1v) is 8.50. The number of nitrogens with one attached hydrogen (secondary N) is 1. The third-order valence-corrected chi connectivity index (χ3v) is 4.28. The van der Waals surface area contributed by atoms with Crippen molar-refractivity contribution in [3.8, 4) is 11.5 Å². The van der Waals surface area contributed by atoms with Gasteiger partial charge >= 0.3 is 0 Å².